The van der Waals surface area contributed by atoms with E-state index in [4.69, 9.17) is 9.84 Å². The van der Waals surface area contributed by atoms with Gasteiger partial charge in [-0.25, -0.2) is 0 Å². The van der Waals surface area contributed by atoms with E-state index in [1.54, 1.807) is 0 Å². The van der Waals surface area contributed by atoms with Crippen molar-refractivity contribution in [3.63, 3.8) is 0 Å². The Morgan fingerprint density at radius 2 is 1.80 bits per heavy atom. The number of hydrogen-bond donors (Lipinski definition) is 1. The van der Waals surface area contributed by atoms with Gasteiger partial charge in [0.15, 0.2) is 0 Å². The lowest BCUT2D eigenvalue weighted by atomic mass is 10.1. The number of carboxylic acids is 1. The number of carboxylic acid groups (broad SMARTS) is 1. The van der Waals surface area contributed by atoms with E-state index in [0.717, 1.165) is 28.5 Å². The normalized spacial score (nSPS) is 10.7. The van der Waals surface area contributed by atoms with E-state index < -0.39 is 5.97 Å². The number of hydrogen-bond acceptors (Lipinski definition) is 2. The van der Waals surface area contributed by atoms with Crippen LogP contribution in [-0.4, -0.2) is 17.7 Å². The SMILES string of the molecule is O=C(O)CCCCCOc1ccc2cc(Br)ccc2c1. The molecule has 0 amide bonds. The zero-order valence-corrected chi connectivity index (χ0v) is 12.7. The van der Waals surface area contributed by atoms with E-state index in [0.29, 0.717) is 13.0 Å². The van der Waals surface area contributed by atoms with Crippen molar-refractivity contribution in [3.8, 4) is 5.75 Å². The maximum absolute atomic E-state index is 10.4. The van der Waals surface area contributed by atoms with Crippen LogP contribution in [-0.2, 0) is 4.79 Å². The molecule has 2 aromatic carbocycles. The standard InChI is InChI=1S/C16H17BrO3/c17-14-7-5-13-11-15(8-6-12(13)10-14)20-9-3-1-2-4-16(18)19/h5-8,10-11H,1-4,9H2,(H,18,19). The minimum absolute atomic E-state index is 0.241. The van der Waals surface area contributed by atoms with Crippen LogP contribution >= 0.6 is 15.9 Å². The first-order chi connectivity index (χ1) is 9.65. The molecule has 4 heteroatoms. The fourth-order valence-electron chi connectivity index (χ4n) is 2.03. The smallest absolute Gasteiger partial charge is 0.303 e. The van der Waals surface area contributed by atoms with Gasteiger partial charge in [0.1, 0.15) is 5.75 Å². The van der Waals surface area contributed by atoms with E-state index in [9.17, 15) is 4.79 Å². The Kier molecular flexibility index (Phi) is 5.41. The molecule has 0 aliphatic carbocycles. The molecular weight excluding hydrogens is 320 g/mol. The first-order valence-electron chi connectivity index (χ1n) is 6.69. The van der Waals surface area contributed by atoms with Gasteiger partial charge in [0.05, 0.1) is 6.61 Å². The van der Waals surface area contributed by atoms with Gasteiger partial charge in [-0.2, -0.15) is 0 Å². The van der Waals surface area contributed by atoms with Crippen LogP contribution in [0, 0.1) is 0 Å². The molecule has 0 atom stereocenters. The Labute approximate surface area is 126 Å². The van der Waals surface area contributed by atoms with Crippen LogP contribution in [0.1, 0.15) is 25.7 Å². The molecule has 0 fully saturated rings. The number of fused-ring (bicyclic) bond motifs is 1. The third kappa shape index (κ3) is 4.53. The van der Waals surface area contributed by atoms with Gasteiger partial charge < -0.3 is 9.84 Å². The summed E-state index contributed by atoms with van der Waals surface area (Å²) in [6.07, 6.45) is 2.72. The Bertz CT molecular complexity index is 595. The van der Waals surface area contributed by atoms with Crippen molar-refractivity contribution in [3.05, 3.63) is 40.9 Å². The topological polar surface area (TPSA) is 46.5 Å². The Hall–Kier alpha value is -1.55. The number of aliphatic carboxylic acids is 1. The van der Waals surface area contributed by atoms with Crippen molar-refractivity contribution in [2.24, 2.45) is 0 Å². The number of carbonyl (C=O) groups is 1. The van der Waals surface area contributed by atoms with Crippen LogP contribution in [0.5, 0.6) is 5.75 Å². The molecule has 0 aliphatic heterocycles. The van der Waals surface area contributed by atoms with Crippen LogP contribution in [0.2, 0.25) is 0 Å². The zero-order valence-electron chi connectivity index (χ0n) is 11.1. The molecular formula is C16H17BrO3. The number of ether oxygens (including phenoxy) is 1. The molecule has 0 aromatic heterocycles. The molecule has 0 saturated carbocycles. The summed E-state index contributed by atoms with van der Waals surface area (Å²) in [5.41, 5.74) is 0. The second kappa shape index (κ2) is 7.29. The zero-order chi connectivity index (χ0) is 14.4. The molecule has 2 aromatic rings. The van der Waals surface area contributed by atoms with Gasteiger partial charge in [-0.15, -0.1) is 0 Å². The minimum Gasteiger partial charge on any atom is -0.494 e. The van der Waals surface area contributed by atoms with E-state index in [1.807, 2.05) is 24.3 Å². The summed E-state index contributed by atoms with van der Waals surface area (Å²) in [7, 11) is 0. The third-order valence-corrected chi connectivity index (χ3v) is 3.57. The lowest BCUT2D eigenvalue weighted by molar-refractivity contribution is -0.137. The Morgan fingerprint density at radius 3 is 2.60 bits per heavy atom. The lowest BCUT2D eigenvalue weighted by Gasteiger charge is -2.07. The fraction of sp³-hybridized carbons (Fsp3) is 0.312. The Morgan fingerprint density at radius 1 is 1.05 bits per heavy atom. The Balaban J connectivity index is 1.81. The largest absolute Gasteiger partial charge is 0.494 e. The molecule has 0 saturated heterocycles. The second-order valence-corrected chi connectivity index (χ2v) is 5.62. The molecule has 1 N–H and O–H groups in total. The minimum atomic E-state index is -0.730. The number of rotatable bonds is 7. The van der Waals surface area contributed by atoms with Crippen molar-refractivity contribution in [1.29, 1.82) is 0 Å². The highest BCUT2D eigenvalue weighted by molar-refractivity contribution is 9.10. The average Bonchev–Trinajstić information content (AvgIpc) is 2.42. The van der Waals surface area contributed by atoms with Gasteiger partial charge in [-0.1, -0.05) is 28.1 Å². The van der Waals surface area contributed by atoms with Crippen molar-refractivity contribution < 1.29 is 14.6 Å². The summed E-state index contributed by atoms with van der Waals surface area (Å²) in [6.45, 7) is 0.627. The lowest BCUT2D eigenvalue weighted by Crippen LogP contribution is -1.99. The molecule has 0 unspecified atom stereocenters. The van der Waals surface area contributed by atoms with Gasteiger partial charge in [0, 0.05) is 10.9 Å². The summed E-state index contributed by atoms with van der Waals surface area (Å²) < 4.78 is 6.76. The van der Waals surface area contributed by atoms with Gasteiger partial charge in [0.25, 0.3) is 0 Å². The van der Waals surface area contributed by atoms with Crippen LogP contribution in [0.25, 0.3) is 10.8 Å². The van der Waals surface area contributed by atoms with Crippen molar-refractivity contribution in [1.82, 2.24) is 0 Å². The van der Waals surface area contributed by atoms with Gasteiger partial charge in [-0.3, -0.25) is 4.79 Å². The predicted octanol–water partition coefficient (Wildman–Crippen LogP) is 4.63. The first-order valence-corrected chi connectivity index (χ1v) is 7.48. The molecule has 0 aliphatic rings. The van der Waals surface area contributed by atoms with Gasteiger partial charge in [0.2, 0.25) is 0 Å². The summed E-state index contributed by atoms with van der Waals surface area (Å²) in [5, 5.41) is 10.9. The van der Waals surface area contributed by atoms with E-state index in [1.165, 1.54) is 5.39 Å². The quantitative estimate of drug-likeness (QED) is 0.750. The molecule has 106 valence electrons. The highest BCUT2D eigenvalue weighted by Crippen LogP contribution is 2.24. The predicted molar refractivity (Wildman–Crippen MR) is 83.2 cm³/mol. The first kappa shape index (κ1) is 14.9. The van der Waals surface area contributed by atoms with Gasteiger partial charge >= 0.3 is 5.97 Å². The highest BCUT2D eigenvalue weighted by atomic mass is 79.9. The summed E-state index contributed by atoms with van der Waals surface area (Å²) in [6, 6.07) is 12.2. The summed E-state index contributed by atoms with van der Waals surface area (Å²) in [4.78, 5) is 10.4. The van der Waals surface area contributed by atoms with E-state index in [-0.39, 0.29) is 6.42 Å². The molecule has 3 nitrogen and oxygen atoms in total. The maximum Gasteiger partial charge on any atom is 0.303 e. The second-order valence-electron chi connectivity index (χ2n) is 4.71. The van der Waals surface area contributed by atoms with Gasteiger partial charge in [-0.05, 0) is 54.3 Å². The molecule has 0 bridgehead atoms. The van der Waals surface area contributed by atoms with E-state index in [2.05, 4.69) is 28.1 Å². The summed E-state index contributed by atoms with van der Waals surface area (Å²) in [5.74, 6) is 0.129. The van der Waals surface area contributed by atoms with Crippen LogP contribution < -0.4 is 4.74 Å². The monoisotopic (exact) mass is 336 g/mol. The van der Waals surface area contributed by atoms with Crippen molar-refractivity contribution in [2.45, 2.75) is 25.7 Å². The maximum atomic E-state index is 10.4. The third-order valence-electron chi connectivity index (χ3n) is 3.08. The summed E-state index contributed by atoms with van der Waals surface area (Å²) >= 11 is 3.45. The van der Waals surface area contributed by atoms with Crippen LogP contribution in [0.15, 0.2) is 40.9 Å². The molecule has 0 heterocycles. The molecule has 20 heavy (non-hydrogen) atoms. The molecule has 0 radical (unpaired) electrons. The van der Waals surface area contributed by atoms with Crippen molar-refractivity contribution in [2.75, 3.05) is 6.61 Å². The fourth-order valence-corrected chi connectivity index (χ4v) is 2.41. The highest BCUT2D eigenvalue weighted by Gasteiger charge is 2.00. The van der Waals surface area contributed by atoms with E-state index >= 15 is 0 Å². The molecule has 2 rings (SSSR count). The van der Waals surface area contributed by atoms with Crippen LogP contribution in [0.3, 0.4) is 0 Å². The van der Waals surface area contributed by atoms with Crippen LogP contribution in [0.4, 0.5) is 0 Å². The number of benzene rings is 2. The number of halogens is 1. The number of unbranched alkanes of at least 4 members (excludes halogenated alkanes) is 2. The molecule has 0 spiro atoms. The van der Waals surface area contributed by atoms with Crippen molar-refractivity contribution >= 4 is 32.7 Å². The average molecular weight is 337 g/mol.